The number of para-hydroxylation sites is 1. The third kappa shape index (κ3) is 7.09. The first kappa shape index (κ1) is 31.6. The van der Waals surface area contributed by atoms with E-state index in [-0.39, 0.29) is 23.9 Å². The summed E-state index contributed by atoms with van der Waals surface area (Å²) in [5.41, 5.74) is 2.96. The number of piperidine rings is 1. The van der Waals surface area contributed by atoms with E-state index < -0.39 is 17.6 Å². The minimum Gasteiger partial charge on any atom is -0.465 e. The Morgan fingerprint density at radius 1 is 1.09 bits per heavy atom. The van der Waals surface area contributed by atoms with Crippen LogP contribution in [0.2, 0.25) is 5.02 Å². The van der Waals surface area contributed by atoms with Crippen LogP contribution >= 0.6 is 11.6 Å². The highest BCUT2D eigenvalue weighted by molar-refractivity contribution is 6.30. The number of hydrogen-bond acceptors (Lipinski definition) is 8. The molecule has 2 heterocycles. The van der Waals surface area contributed by atoms with E-state index in [1.807, 2.05) is 37.2 Å². The molecule has 44 heavy (non-hydrogen) atoms. The van der Waals surface area contributed by atoms with E-state index in [0.29, 0.717) is 40.0 Å². The number of carbonyl (C=O) groups is 2. The zero-order valence-corrected chi connectivity index (χ0v) is 26.2. The van der Waals surface area contributed by atoms with Crippen molar-refractivity contribution in [3.8, 4) is 11.5 Å². The lowest BCUT2D eigenvalue weighted by atomic mass is 9.88. The van der Waals surface area contributed by atoms with Crippen LogP contribution in [0.5, 0.6) is 11.5 Å². The van der Waals surface area contributed by atoms with Crippen LogP contribution in [0.15, 0.2) is 54.6 Å². The number of anilines is 2. The lowest BCUT2D eigenvalue weighted by molar-refractivity contribution is -0.117. The summed E-state index contributed by atoms with van der Waals surface area (Å²) in [7, 11) is 5.29. The number of esters is 1. The first-order valence-corrected chi connectivity index (χ1v) is 15.0. The number of fused-ring (bicyclic) bond motifs is 1. The highest BCUT2D eigenvalue weighted by Gasteiger charge is 2.43. The molecular weight excluding hydrogens is 587 g/mol. The summed E-state index contributed by atoms with van der Waals surface area (Å²) in [6.07, 6.45) is 1.65. The molecule has 2 aliphatic heterocycles. The molecule has 0 saturated carbocycles. The van der Waals surface area contributed by atoms with Gasteiger partial charge in [0, 0.05) is 30.6 Å². The normalized spacial score (nSPS) is 18.3. The van der Waals surface area contributed by atoms with Crippen LogP contribution in [0.1, 0.15) is 47.2 Å². The minimum atomic E-state index is -1.30. The van der Waals surface area contributed by atoms with Crippen LogP contribution in [0.3, 0.4) is 0 Å². The number of nitrogens with one attached hydrogen (secondary N) is 2. The quantitative estimate of drug-likeness (QED) is 0.278. The maximum atomic E-state index is 14.8. The average Bonchev–Trinajstić information content (AvgIpc) is 3.34. The van der Waals surface area contributed by atoms with Crippen molar-refractivity contribution in [3.63, 3.8) is 0 Å². The predicted octanol–water partition coefficient (Wildman–Crippen LogP) is 5.70. The molecule has 0 bridgehead atoms. The van der Waals surface area contributed by atoms with Crippen molar-refractivity contribution >= 4 is 34.9 Å². The van der Waals surface area contributed by atoms with Crippen molar-refractivity contribution in [1.29, 1.82) is 0 Å². The maximum absolute atomic E-state index is 14.8. The summed E-state index contributed by atoms with van der Waals surface area (Å²) in [5, 5.41) is 6.62. The van der Waals surface area contributed by atoms with Crippen molar-refractivity contribution in [2.45, 2.75) is 31.5 Å². The van der Waals surface area contributed by atoms with E-state index >= 15 is 0 Å². The number of amides is 1. The second kappa shape index (κ2) is 13.4. The van der Waals surface area contributed by atoms with Gasteiger partial charge in [0.05, 0.1) is 36.2 Å². The lowest BCUT2D eigenvalue weighted by Gasteiger charge is -2.32. The molecule has 1 saturated heterocycles. The van der Waals surface area contributed by atoms with Crippen LogP contribution < -0.4 is 20.1 Å². The van der Waals surface area contributed by atoms with Crippen molar-refractivity contribution in [2.75, 3.05) is 64.6 Å². The van der Waals surface area contributed by atoms with Gasteiger partial charge in [0.15, 0.2) is 11.5 Å². The third-order valence-electron chi connectivity index (χ3n) is 8.02. The van der Waals surface area contributed by atoms with E-state index in [1.54, 1.807) is 37.3 Å². The second-order valence-electron chi connectivity index (χ2n) is 11.5. The molecule has 0 radical (unpaired) electrons. The number of rotatable bonds is 10. The fourth-order valence-corrected chi connectivity index (χ4v) is 5.85. The Morgan fingerprint density at radius 2 is 1.86 bits per heavy atom. The number of halogens is 2. The molecule has 234 valence electrons. The van der Waals surface area contributed by atoms with Gasteiger partial charge in [-0.15, -0.1) is 0 Å². The Balaban J connectivity index is 1.20. The van der Waals surface area contributed by atoms with Crippen molar-refractivity contribution in [2.24, 2.45) is 0 Å². The van der Waals surface area contributed by atoms with Gasteiger partial charge < -0.3 is 29.7 Å². The van der Waals surface area contributed by atoms with E-state index in [1.165, 1.54) is 13.2 Å². The molecule has 3 aromatic rings. The molecule has 1 atom stereocenters. The topological polar surface area (TPSA) is 92.4 Å². The number of carbonyl (C=O) groups excluding carboxylic acids is 2. The van der Waals surface area contributed by atoms with Gasteiger partial charge in [0.2, 0.25) is 5.91 Å². The Bertz CT molecular complexity index is 1530. The fraction of sp³-hybridized carbons (Fsp3) is 0.394. The third-order valence-corrected chi connectivity index (χ3v) is 8.25. The van der Waals surface area contributed by atoms with E-state index in [4.69, 9.17) is 25.8 Å². The van der Waals surface area contributed by atoms with Gasteiger partial charge in [-0.2, -0.15) is 0 Å². The first-order chi connectivity index (χ1) is 21.1. The maximum Gasteiger partial charge on any atom is 0.337 e. The Morgan fingerprint density at radius 3 is 2.57 bits per heavy atom. The number of methoxy groups -OCH3 is 1. The van der Waals surface area contributed by atoms with Gasteiger partial charge in [0.1, 0.15) is 5.82 Å². The van der Waals surface area contributed by atoms with Crippen molar-refractivity contribution in [1.82, 2.24) is 9.80 Å². The molecule has 1 amide bonds. The number of hydrogen-bond donors (Lipinski definition) is 2. The number of ether oxygens (including phenoxy) is 3. The summed E-state index contributed by atoms with van der Waals surface area (Å²) in [5.74, 6) is -0.964. The van der Waals surface area contributed by atoms with Crippen molar-refractivity contribution in [3.05, 3.63) is 82.1 Å². The molecule has 0 aromatic heterocycles. The largest absolute Gasteiger partial charge is 0.465 e. The predicted molar refractivity (Wildman–Crippen MR) is 168 cm³/mol. The monoisotopic (exact) mass is 624 g/mol. The smallest absolute Gasteiger partial charge is 0.337 e. The molecule has 1 unspecified atom stereocenters. The zero-order chi connectivity index (χ0) is 31.4. The second-order valence-corrected chi connectivity index (χ2v) is 12.0. The summed E-state index contributed by atoms with van der Waals surface area (Å²) in [6, 6.07) is 15.3. The van der Waals surface area contributed by atoms with Gasteiger partial charge in [-0.25, -0.2) is 9.18 Å². The van der Waals surface area contributed by atoms with E-state index in [0.717, 1.165) is 38.0 Å². The number of likely N-dealkylation sites (N-methyl/N-ethyl adjacent to an activating group) is 1. The summed E-state index contributed by atoms with van der Waals surface area (Å²) >= 11 is 5.95. The van der Waals surface area contributed by atoms with E-state index in [2.05, 4.69) is 15.5 Å². The van der Waals surface area contributed by atoms with Crippen molar-refractivity contribution < 1.29 is 28.2 Å². The Labute approximate surface area is 262 Å². The molecule has 9 nitrogen and oxygen atoms in total. The number of benzene rings is 3. The summed E-state index contributed by atoms with van der Waals surface area (Å²) < 4.78 is 32.1. The lowest BCUT2D eigenvalue weighted by Crippen LogP contribution is -2.39. The highest BCUT2D eigenvalue weighted by Crippen LogP contribution is 2.49. The van der Waals surface area contributed by atoms with Crippen LogP contribution in [-0.2, 0) is 15.3 Å². The van der Waals surface area contributed by atoms with Gasteiger partial charge in [-0.3, -0.25) is 9.69 Å². The molecule has 1 fully saturated rings. The van der Waals surface area contributed by atoms with Crippen LogP contribution in [0.4, 0.5) is 15.8 Å². The van der Waals surface area contributed by atoms with Gasteiger partial charge in [-0.05, 0) is 88.4 Å². The number of likely N-dealkylation sites (tertiary alicyclic amines) is 1. The fourth-order valence-electron chi connectivity index (χ4n) is 5.69. The van der Waals surface area contributed by atoms with E-state index in [9.17, 15) is 14.0 Å². The average molecular weight is 625 g/mol. The zero-order valence-electron chi connectivity index (χ0n) is 25.4. The van der Waals surface area contributed by atoms with Gasteiger partial charge in [-0.1, -0.05) is 23.7 Å². The van der Waals surface area contributed by atoms with Gasteiger partial charge >= 0.3 is 5.97 Å². The molecule has 2 aliphatic rings. The van der Waals surface area contributed by atoms with Crippen LogP contribution in [0, 0.1) is 5.82 Å². The van der Waals surface area contributed by atoms with Crippen LogP contribution in [-0.4, -0.2) is 75.6 Å². The first-order valence-electron chi connectivity index (χ1n) is 14.7. The molecular formula is C33H38ClFN4O5. The Hall–Kier alpha value is -3.86. The van der Waals surface area contributed by atoms with Gasteiger partial charge in [0.25, 0.3) is 5.79 Å². The molecule has 2 N–H and O–H groups in total. The molecule has 3 aromatic carbocycles. The molecule has 0 aliphatic carbocycles. The SMILES string of the molecule is COC(=O)c1ccc(NC(=O)CN2CCC(c3cccc4c3OC(C)(c3ccc(Cl)cc3F)O4)CC2)c(NCCN(C)C)c1. The molecule has 5 rings (SSSR count). The number of nitrogens with zero attached hydrogens (tertiary/aromatic N) is 2. The standard InChI is InChI=1S/C33H38ClFN4O5/c1-33(25-10-9-23(34)19-26(25)35)43-29-7-5-6-24(31(29)44-33)21-12-15-39(16-13-21)20-30(40)37-27-11-8-22(32(41)42-4)18-28(27)36-14-17-38(2)3/h5-11,18-19,21,36H,12-17,20H2,1-4H3,(H,37,40). The summed E-state index contributed by atoms with van der Waals surface area (Å²) in [4.78, 5) is 29.3. The summed E-state index contributed by atoms with van der Waals surface area (Å²) in [6.45, 7) is 4.81. The molecule has 0 spiro atoms. The highest BCUT2D eigenvalue weighted by atomic mass is 35.5. The minimum absolute atomic E-state index is 0.136. The Kier molecular flexibility index (Phi) is 9.62. The molecule has 11 heteroatoms. The van der Waals surface area contributed by atoms with Crippen LogP contribution in [0.25, 0.3) is 0 Å².